The van der Waals surface area contributed by atoms with Gasteiger partial charge in [-0.3, -0.25) is 4.79 Å². The van der Waals surface area contributed by atoms with Gasteiger partial charge in [0.1, 0.15) is 0 Å². The second-order valence-corrected chi connectivity index (χ2v) is 5.90. The van der Waals surface area contributed by atoms with Crippen LogP contribution in [0, 0.1) is 0 Å². The topological polar surface area (TPSA) is 46.3 Å². The first-order valence-electron chi connectivity index (χ1n) is 6.92. The predicted molar refractivity (Wildman–Crippen MR) is 81.9 cm³/mol. The molecule has 1 rings (SSSR count). The molecule has 0 saturated carbocycles. The molecule has 0 radical (unpaired) electrons. The van der Waals surface area contributed by atoms with Crippen molar-refractivity contribution in [3.63, 3.8) is 0 Å². The Morgan fingerprint density at radius 2 is 1.79 bits per heavy atom. The molecule has 0 aliphatic heterocycles. The quantitative estimate of drug-likeness (QED) is 0.906. The third kappa shape index (κ3) is 3.09. The van der Waals surface area contributed by atoms with Gasteiger partial charge in [0.2, 0.25) is 0 Å². The Bertz CT molecular complexity index is 472. The number of nitrogens with two attached hydrogens (primary N) is 1. The minimum absolute atomic E-state index is 0.0551. The summed E-state index contributed by atoms with van der Waals surface area (Å²) in [5.74, 6) is -0.358. The molecule has 0 fully saturated rings. The fourth-order valence-electron chi connectivity index (χ4n) is 2.32. The smallest absolute Gasteiger partial charge is 0.250 e. The molecular formula is C16H26N2O. The highest BCUT2D eigenvalue weighted by Crippen LogP contribution is 2.32. The highest BCUT2D eigenvalue weighted by Gasteiger charge is 2.25. The normalized spacial score (nSPS) is 11.5. The van der Waals surface area contributed by atoms with Crippen molar-refractivity contribution in [2.24, 2.45) is 5.73 Å². The fraction of sp³-hybridized carbons (Fsp3) is 0.562. The molecule has 3 nitrogen and oxygen atoms in total. The Morgan fingerprint density at radius 3 is 2.16 bits per heavy atom. The first-order valence-corrected chi connectivity index (χ1v) is 6.92. The summed E-state index contributed by atoms with van der Waals surface area (Å²) in [6, 6.07) is 3.89. The summed E-state index contributed by atoms with van der Waals surface area (Å²) in [4.78, 5) is 13.9. The van der Waals surface area contributed by atoms with Crippen LogP contribution in [0.4, 0.5) is 5.69 Å². The van der Waals surface area contributed by atoms with Crippen LogP contribution < -0.4 is 10.6 Å². The first kappa shape index (κ1) is 15.5. The molecule has 0 aromatic heterocycles. The number of nitrogens with zero attached hydrogens (tertiary/aromatic N) is 1. The average Bonchev–Trinajstić information content (AvgIpc) is 2.34. The zero-order valence-corrected chi connectivity index (χ0v) is 13.0. The van der Waals surface area contributed by atoms with E-state index in [1.807, 2.05) is 19.2 Å². The van der Waals surface area contributed by atoms with Crippen LogP contribution in [-0.4, -0.2) is 18.5 Å². The molecule has 0 aliphatic rings. The Morgan fingerprint density at radius 1 is 1.21 bits per heavy atom. The molecule has 1 aromatic rings. The lowest BCUT2D eigenvalue weighted by molar-refractivity contribution is 0.100. The van der Waals surface area contributed by atoms with Crippen molar-refractivity contribution in [3.8, 4) is 0 Å². The van der Waals surface area contributed by atoms with E-state index in [2.05, 4.69) is 39.5 Å². The maximum atomic E-state index is 11.7. The lowest BCUT2D eigenvalue weighted by Crippen LogP contribution is -2.40. The Labute approximate surface area is 116 Å². The van der Waals surface area contributed by atoms with Crippen LogP contribution >= 0.6 is 0 Å². The summed E-state index contributed by atoms with van der Waals surface area (Å²) in [5, 5.41) is 0. The summed E-state index contributed by atoms with van der Waals surface area (Å²) in [6.07, 6.45) is 1.87. The molecule has 0 unspecified atom stereocenters. The standard InChI is InChI=1S/C16H26N2O/c1-7-11-9-10-13(15(17)19)14(12(11)8-2)18(6)16(3,4)5/h9-10H,7-8H2,1-6H3,(H2,17,19). The molecule has 1 amide bonds. The number of aryl methyl sites for hydroxylation is 1. The van der Waals surface area contributed by atoms with Crippen molar-refractivity contribution in [1.29, 1.82) is 0 Å². The van der Waals surface area contributed by atoms with Crippen molar-refractivity contribution in [2.75, 3.05) is 11.9 Å². The van der Waals surface area contributed by atoms with Gasteiger partial charge in [-0.1, -0.05) is 19.9 Å². The van der Waals surface area contributed by atoms with E-state index in [-0.39, 0.29) is 11.4 Å². The minimum Gasteiger partial charge on any atom is -0.369 e. The van der Waals surface area contributed by atoms with Crippen molar-refractivity contribution >= 4 is 11.6 Å². The average molecular weight is 262 g/mol. The van der Waals surface area contributed by atoms with Gasteiger partial charge in [0.05, 0.1) is 11.3 Å². The van der Waals surface area contributed by atoms with Crippen molar-refractivity contribution in [3.05, 3.63) is 28.8 Å². The van der Waals surface area contributed by atoms with E-state index in [0.717, 1.165) is 18.5 Å². The van der Waals surface area contributed by atoms with E-state index in [0.29, 0.717) is 5.56 Å². The Kier molecular flexibility index (Phi) is 4.61. The zero-order valence-electron chi connectivity index (χ0n) is 13.0. The van der Waals surface area contributed by atoms with Gasteiger partial charge in [-0.2, -0.15) is 0 Å². The Hall–Kier alpha value is -1.51. The Balaban J connectivity index is 3.59. The lowest BCUT2D eigenvalue weighted by Gasteiger charge is -2.37. The highest BCUT2D eigenvalue weighted by atomic mass is 16.1. The number of benzene rings is 1. The number of amides is 1. The molecular weight excluding hydrogens is 236 g/mol. The van der Waals surface area contributed by atoms with Gasteiger partial charge in [0.25, 0.3) is 5.91 Å². The summed E-state index contributed by atoms with van der Waals surface area (Å²) < 4.78 is 0. The number of hydrogen-bond donors (Lipinski definition) is 1. The van der Waals surface area contributed by atoms with Gasteiger partial charge >= 0.3 is 0 Å². The van der Waals surface area contributed by atoms with Crippen LogP contribution in [0.3, 0.4) is 0 Å². The molecule has 0 heterocycles. The summed E-state index contributed by atoms with van der Waals surface area (Å²) in [6.45, 7) is 10.7. The fourth-order valence-corrected chi connectivity index (χ4v) is 2.32. The van der Waals surface area contributed by atoms with Gasteiger partial charge in [-0.25, -0.2) is 0 Å². The maximum absolute atomic E-state index is 11.7. The highest BCUT2D eigenvalue weighted by molar-refractivity contribution is 5.99. The number of primary amides is 1. The van der Waals surface area contributed by atoms with Crippen molar-refractivity contribution < 1.29 is 4.79 Å². The van der Waals surface area contributed by atoms with Crippen molar-refractivity contribution in [1.82, 2.24) is 0 Å². The summed E-state index contributed by atoms with van der Waals surface area (Å²) >= 11 is 0. The predicted octanol–water partition coefficient (Wildman–Crippen LogP) is 3.15. The lowest BCUT2D eigenvalue weighted by atomic mass is 9.93. The van der Waals surface area contributed by atoms with E-state index in [4.69, 9.17) is 5.73 Å². The summed E-state index contributed by atoms with van der Waals surface area (Å²) in [5.41, 5.74) is 9.62. The van der Waals surface area contributed by atoms with Crippen LogP contribution in [0.5, 0.6) is 0 Å². The number of carbonyl (C=O) groups is 1. The molecule has 0 bridgehead atoms. The largest absolute Gasteiger partial charge is 0.369 e. The second-order valence-electron chi connectivity index (χ2n) is 5.90. The van der Waals surface area contributed by atoms with E-state index < -0.39 is 0 Å². The van der Waals surface area contributed by atoms with E-state index in [1.165, 1.54) is 11.1 Å². The number of anilines is 1. The maximum Gasteiger partial charge on any atom is 0.250 e. The molecule has 2 N–H and O–H groups in total. The van der Waals surface area contributed by atoms with Gasteiger partial charge in [-0.05, 0) is 50.8 Å². The van der Waals surface area contributed by atoms with Crippen LogP contribution in [0.15, 0.2) is 12.1 Å². The number of rotatable bonds is 4. The molecule has 19 heavy (non-hydrogen) atoms. The van der Waals surface area contributed by atoms with E-state index >= 15 is 0 Å². The SMILES string of the molecule is CCc1ccc(C(N)=O)c(N(C)C(C)(C)C)c1CC. The van der Waals surface area contributed by atoms with Crippen LogP contribution in [0.1, 0.15) is 56.1 Å². The molecule has 0 atom stereocenters. The third-order valence-electron chi connectivity index (χ3n) is 3.72. The second kappa shape index (κ2) is 5.64. The van der Waals surface area contributed by atoms with Crippen LogP contribution in [-0.2, 0) is 12.8 Å². The van der Waals surface area contributed by atoms with E-state index in [1.54, 1.807) is 0 Å². The monoisotopic (exact) mass is 262 g/mol. The third-order valence-corrected chi connectivity index (χ3v) is 3.72. The van der Waals surface area contributed by atoms with E-state index in [9.17, 15) is 4.79 Å². The van der Waals surface area contributed by atoms with Gasteiger partial charge in [0, 0.05) is 12.6 Å². The zero-order chi connectivity index (χ0) is 14.8. The first-order chi connectivity index (χ1) is 8.73. The van der Waals surface area contributed by atoms with Crippen LogP contribution in [0.25, 0.3) is 0 Å². The van der Waals surface area contributed by atoms with Gasteiger partial charge < -0.3 is 10.6 Å². The van der Waals surface area contributed by atoms with Gasteiger partial charge in [-0.15, -0.1) is 0 Å². The molecule has 3 heteroatoms. The summed E-state index contributed by atoms with van der Waals surface area (Å²) in [7, 11) is 2.03. The molecule has 0 spiro atoms. The minimum atomic E-state index is -0.358. The van der Waals surface area contributed by atoms with Gasteiger partial charge in [0.15, 0.2) is 0 Å². The van der Waals surface area contributed by atoms with Crippen molar-refractivity contribution in [2.45, 2.75) is 53.0 Å². The number of hydrogen-bond acceptors (Lipinski definition) is 2. The number of carbonyl (C=O) groups excluding carboxylic acids is 1. The molecule has 0 aliphatic carbocycles. The molecule has 1 aromatic carbocycles. The van der Waals surface area contributed by atoms with Crippen LogP contribution in [0.2, 0.25) is 0 Å². The molecule has 106 valence electrons. The molecule has 0 saturated heterocycles.